The molecule has 86 valence electrons. The van der Waals surface area contributed by atoms with E-state index in [0.29, 0.717) is 5.00 Å². The minimum Gasteiger partial charge on any atom is -0.389 e. The van der Waals surface area contributed by atoms with Crippen LogP contribution in [0.5, 0.6) is 0 Å². The first kappa shape index (κ1) is 11.5. The number of nitrogens with two attached hydrogens (primary N) is 1. The minimum atomic E-state index is 0.158. The third kappa shape index (κ3) is 1.62. The zero-order valence-electron chi connectivity index (χ0n) is 9.97. The third-order valence-corrected chi connectivity index (χ3v) is 4.97. The highest BCUT2D eigenvalue weighted by molar-refractivity contribution is 7.16. The number of nitrogens with zero attached hydrogens (tertiary/aromatic N) is 1. The zero-order valence-corrected chi connectivity index (χ0v) is 10.8. The van der Waals surface area contributed by atoms with Crippen LogP contribution in [-0.4, -0.2) is 0 Å². The number of nitrogen functional groups attached to an aromatic ring is 1. The van der Waals surface area contributed by atoms with Crippen molar-refractivity contribution in [3.63, 3.8) is 0 Å². The summed E-state index contributed by atoms with van der Waals surface area (Å²) in [5.74, 6) is 0. The molecular weight excluding hydrogens is 216 g/mol. The molecule has 0 spiro atoms. The highest BCUT2D eigenvalue weighted by Crippen LogP contribution is 2.45. The van der Waals surface area contributed by atoms with Crippen molar-refractivity contribution in [3.05, 3.63) is 16.0 Å². The molecule has 1 aromatic heterocycles. The van der Waals surface area contributed by atoms with Crippen LogP contribution >= 0.6 is 11.3 Å². The summed E-state index contributed by atoms with van der Waals surface area (Å²) >= 11 is 1.63. The largest absolute Gasteiger partial charge is 0.389 e. The number of fused-ring (bicyclic) bond motifs is 1. The molecule has 0 bridgehead atoms. The van der Waals surface area contributed by atoms with Gasteiger partial charge in [0.05, 0.1) is 5.56 Å². The predicted molar refractivity (Wildman–Crippen MR) is 68.6 cm³/mol. The molecule has 0 aliphatic heterocycles. The van der Waals surface area contributed by atoms with E-state index in [1.807, 2.05) is 0 Å². The zero-order chi connectivity index (χ0) is 11.8. The Morgan fingerprint density at radius 2 is 2.25 bits per heavy atom. The number of nitriles is 1. The van der Waals surface area contributed by atoms with Crippen LogP contribution in [0.2, 0.25) is 0 Å². The number of hydrogen-bond donors (Lipinski definition) is 1. The Bertz CT molecular complexity index is 442. The van der Waals surface area contributed by atoms with Crippen molar-refractivity contribution >= 4 is 16.3 Å². The first-order valence-electron chi connectivity index (χ1n) is 5.94. The smallest absolute Gasteiger partial charge is 0.104 e. The predicted octanol–water partition coefficient (Wildman–Crippen LogP) is 3.60. The molecule has 0 radical (unpaired) electrons. The van der Waals surface area contributed by atoms with Crippen molar-refractivity contribution in [2.75, 3.05) is 5.73 Å². The fraction of sp³-hybridized carbons (Fsp3) is 0.615. The molecule has 1 aromatic rings. The molecule has 2 rings (SSSR count). The minimum absolute atomic E-state index is 0.158. The van der Waals surface area contributed by atoms with Crippen molar-refractivity contribution in [2.45, 2.75) is 51.4 Å². The van der Waals surface area contributed by atoms with Gasteiger partial charge in [0.15, 0.2) is 0 Å². The Balaban J connectivity index is 2.64. The Hall–Kier alpha value is -1.01. The van der Waals surface area contributed by atoms with Gasteiger partial charge in [-0.15, -0.1) is 11.3 Å². The van der Waals surface area contributed by atoms with Crippen LogP contribution < -0.4 is 5.73 Å². The SMILES string of the molecule is CCC1(C)CCCCc2sc(N)c(C#N)c21. The molecule has 0 aromatic carbocycles. The van der Waals surface area contributed by atoms with Crippen LogP contribution in [0, 0.1) is 11.3 Å². The van der Waals surface area contributed by atoms with Crippen LogP contribution in [0.15, 0.2) is 0 Å². The topological polar surface area (TPSA) is 49.8 Å². The van der Waals surface area contributed by atoms with Gasteiger partial charge in [0.25, 0.3) is 0 Å². The Kier molecular flexibility index (Phi) is 2.94. The molecule has 0 amide bonds. The standard InChI is InChI=1S/C13H18N2S/c1-3-13(2)7-5-4-6-10-11(13)9(8-14)12(15)16-10/h3-7,15H2,1-2H3. The monoisotopic (exact) mass is 234 g/mol. The molecule has 1 aliphatic rings. The van der Waals surface area contributed by atoms with Crippen molar-refractivity contribution < 1.29 is 0 Å². The van der Waals surface area contributed by atoms with Gasteiger partial charge in [-0.1, -0.05) is 20.3 Å². The second-order valence-corrected chi connectivity index (χ2v) is 6.01. The van der Waals surface area contributed by atoms with Crippen molar-refractivity contribution in [1.29, 1.82) is 5.26 Å². The lowest BCUT2D eigenvalue weighted by molar-refractivity contribution is 0.411. The molecule has 16 heavy (non-hydrogen) atoms. The van der Waals surface area contributed by atoms with Gasteiger partial charge in [0, 0.05) is 4.88 Å². The van der Waals surface area contributed by atoms with Crippen LogP contribution in [0.4, 0.5) is 5.00 Å². The third-order valence-electron chi connectivity index (χ3n) is 3.89. The Labute approximate surface area is 101 Å². The summed E-state index contributed by atoms with van der Waals surface area (Å²) in [5, 5.41) is 9.98. The lowest BCUT2D eigenvalue weighted by Gasteiger charge is -2.27. The summed E-state index contributed by atoms with van der Waals surface area (Å²) in [6.07, 6.45) is 5.86. The number of hydrogen-bond acceptors (Lipinski definition) is 3. The van der Waals surface area contributed by atoms with Crippen LogP contribution in [-0.2, 0) is 11.8 Å². The molecule has 0 saturated carbocycles. The molecule has 2 nitrogen and oxygen atoms in total. The highest BCUT2D eigenvalue weighted by atomic mass is 32.1. The van der Waals surface area contributed by atoms with Crippen LogP contribution in [0.1, 0.15) is 55.5 Å². The van der Waals surface area contributed by atoms with Gasteiger partial charge >= 0.3 is 0 Å². The van der Waals surface area contributed by atoms with E-state index in [9.17, 15) is 5.26 Å². The molecule has 0 fully saturated rings. The van der Waals surface area contributed by atoms with E-state index in [4.69, 9.17) is 5.73 Å². The quantitative estimate of drug-likeness (QED) is 0.755. The molecule has 1 unspecified atom stereocenters. The van der Waals surface area contributed by atoms with Gasteiger partial charge in [-0.25, -0.2) is 0 Å². The van der Waals surface area contributed by atoms with Gasteiger partial charge in [-0.05, 0) is 36.7 Å². The van der Waals surface area contributed by atoms with Gasteiger partial charge in [-0.3, -0.25) is 0 Å². The average Bonchev–Trinajstić information content (AvgIpc) is 2.52. The van der Waals surface area contributed by atoms with E-state index in [1.54, 1.807) is 11.3 Å². The van der Waals surface area contributed by atoms with Crippen molar-refractivity contribution in [3.8, 4) is 6.07 Å². The number of thiophene rings is 1. The second kappa shape index (κ2) is 4.10. The van der Waals surface area contributed by atoms with Crippen molar-refractivity contribution in [2.24, 2.45) is 0 Å². The maximum absolute atomic E-state index is 9.26. The van der Waals surface area contributed by atoms with E-state index in [-0.39, 0.29) is 5.41 Å². The van der Waals surface area contributed by atoms with Gasteiger partial charge < -0.3 is 5.73 Å². The molecule has 1 aliphatic carbocycles. The summed E-state index contributed by atoms with van der Waals surface area (Å²) in [6.45, 7) is 4.49. The lowest BCUT2D eigenvalue weighted by Crippen LogP contribution is -2.21. The van der Waals surface area contributed by atoms with E-state index in [0.717, 1.165) is 18.4 Å². The molecule has 1 atom stereocenters. The number of anilines is 1. The van der Waals surface area contributed by atoms with Gasteiger partial charge in [0.2, 0.25) is 0 Å². The van der Waals surface area contributed by atoms with Gasteiger partial charge in [0.1, 0.15) is 11.1 Å². The molecule has 3 heteroatoms. The van der Waals surface area contributed by atoms with Crippen LogP contribution in [0.25, 0.3) is 0 Å². The average molecular weight is 234 g/mol. The summed E-state index contributed by atoms with van der Waals surface area (Å²) in [7, 11) is 0. The van der Waals surface area contributed by atoms with Crippen LogP contribution in [0.3, 0.4) is 0 Å². The lowest BCUT2D eigenvalue weighted by atomic mass is 9.76. The molecular formula is C13H18N2S. The fourth-order valence-corrected chi connectivity index (χ4v) is 3.91. The van der Waals surface area contributed by atoms with E-state index in [2.05, 4.69) is 19.9 Å². The summed E-state index contributed by atoms with van der Waals surface area (Å²) < 4.78 is 0. The Morgan fingerprint density at radius 3 is 2.88 bits per heavy atom. The molecule has 2 N–H and O–H groups in total. The second-order valence-electron chi connectivity index (χ2n) is 4.87. The fourth-order valence-electron chi connectivity index (χ4n) is 2.70. The van der Waals surface area contributed by atoms with Gasteiger partial charge in [-0.2, -0.15) is 5.26 Å². The number of aryl methyl sites for hydroxylation is 1. The molecule has 1 heterocycles. The maximum atomic E-state index is 9.26. The van der Waals surface area contributed by atoms with E-state index >= 15 is 0 Å². The molecule has 0 saturated heterocycles. The normalized spacial score (nSPS) is 24.6. The van der Waals surface area contributed by atoms with E-state index in [1.165, 1.54) is 29.7 Å². The Morgan fingerprint density at radius 1 is 1.50 bits per heavy atom. The highest BCUT2D eigenvalue weighted by Gasteiger charge is 2.34. The summed E-state index contributed by atoms with van der Waals surface area (Å²) in [4.78, 5) is 1.36. The van der Waals surface area contributed by atoms with E-state index < -0.39 is 0 Å². The summed E-state index contributed by atoms with van der Waals surface area (Å²) in [6, 6.07) is 2.31. The summed E-state index contributed by atoms with van der Waals surface area (Å²) in [5.41, 5.74) is 8.13. The maximum Gasteiger partial charge on any atom is 0.104 e. The number of rotatable bonds is 1. The van der Waals surface area contributed by atoms with Crippen molar-refractivity contribution in [1.82, 2.24) is 0 Å². The first-order valence-corrected chi connectivity index (χ1v) is 6.75. The first-order chi connectivity index (χ1) is 7.62.